The number of hydrogen-bond donors (Lipinski definition) is 1. The average Bonchev–Trinajstić information content (AvgIpc) is 2.69. The molecule has 0 aliphatic carbocycles. The van der Waals surface area contributed by atoms with Crippen LogP contribution in [0.4, 0.5) is 11.5 Å². The number of rotatable bonds is 3. The van der Waals surface area contributed by atoms with Crippen molar-refractivity contribution in [1.82, 2.24) is 15.0 Å². The van der Waals surface area contributed by atoms with Gasteiger partial charge in [0.15, 0.2) is 5.82 Å². The van der Waals surface area contributed by atoms with E-state index in [9.17, 15) is 10.1 Å². The van der Waals surface area contributed by atoms with E-state index >= 15 is 0 Å². The zero-order valence-corrected chi connectivity index (χ0v) is 12.8. The third kappa shape index (κ3) is 3.13. The summed E-state index contributed by atoms with van der Waals surface area (Å²) in [5.74, 6) is 0.326. The van der Waals surface area contributed by atoms with Gasteiger partial charge in [-0.3, -0.25) is 10.1 Å². The highest BCUT2D eigenvalue weighted by molar-refractivity contribution is 6.30. The van der Waals surface area contributed by atoms with Crippen molar-refractivity contribution >= 4 is 23.1 Å². The van der Waals surface area contributed by atoms with Gasteiger partial charge in [-0.1, -0.05) is 37.6 Å². The lowest BCUT2D eigenvalue weighted by atomic mass is 9.91. The first kappa shape index (κ1) is 15.2. The summed E-state index contributed by atoms with van der Waals surface area (Å²) in [6.07, 6.45) is 0. The summed E-state index contributed by atoms with van der Waals surface area (Å²) < 4.78 is 1.58. The van der Waals surface area contributed by atoms with Crippen LogP contribution in [0.2, 0.25) is 5.02 Å². The molecule has 1 heterocycles. The lowest BCUT2D eigenvalue weighted by Gasteiger charge is -2.20. The van der Waals surface area contributed by atoms with Crippen molar-refractivity contribution in [2.75, 3.05) is 5.73 Å². The highest BCUT2D eigenvalue weighted by Crippen LogP contribution is 2.29. The number of nitro groups is 1. The zero-order chi connectivity index (χ0) is 15.8. The molecule has 0 atom stereocenters. The first-order chi connectivity index (χ1) is 9.70. The Kier molecular flexibility index (Phi) is 3.87. The van der Waals surface area contributed by atoms with Crippen molar-refractivity contribution in [3.05, 3.63) is 44.6 Å². The molecule has 8 heteroatoms. The highest BCUT2D eigenvalue weighted by atomic mass is 35.5. The van der Waals surface area contributed by atoms with E-state index in [1.54, 1.807) is 10.7 Å². The van der Waals surface area contributed by atoms with Gasteiger partial charge in [0.2, 0.25) is 0 Å². The minimum absolute atomic E-state index is 0.00618. The average molecular weight is 310 g/mol. The van der Waals surface area contributed by atoms with Gasteiger partial charge in [0.1, 0.15) is 0 Å². The van der Waals surface area contributed by atoms with E-state index in [4.69, 9.17) is 17.3 Å². The number of nitrogen functional groups attached to an aromatic ring is 1. The molecule has 0 spiro atoms. The quantitative estimate of drug-likeness (QED) is 0.694. The monoisotopic (exact) mass is 309 g/mol. The van der Waals surface area contributed by atoms with Gasteiger partial charge < -0.3 is 5.73 Å². The molecular formula is C13H16ClN5O2. The zero-order valence-electron chi connectivity index (χ0n) is 12.0. The molecule has 2 N–H and O–H groups in total. The Bertz CT molecular complexity index is 690. The van der Waals surface area contributed by atoms with Crippen LogP contribution in [0.1, 0.15) is 32.0 Å². The molecule has 0 aliphatic heterocycles. The number of benzene rings is 1. The molecule has 2 rings (SSSR count). The molecule has 0 amide bonds. The van der Waals surface area contributed by atoms with E-state index in [1.807, 2.05) is 20.8 Å². The second-order valence-electron chi connectivity index (χ2n) is 5.76. The number of anilines is 1. The molecular weight excluding hydrogens is 294 g/mol. The molecule has 21 heavy (non-hydrogen) atoms. The van der Waals surface area contributed by atoms with E-state index in [2.05, 4.69) is 10.3 Å². The summed E-state index contributed by atoms with van der Waals surface area (Å²) in [5, 5.41) is 19.4. The van der Waals surface area contributed by atoms with Crippen molar-refractivity contribution in [3.8, 4) is 0 Å². The number of nitrogens with zero attached hydrogens (tertiary/aromatic N) is 4. The normalized spacial score (nSPS) is 11.6. The Morgan fingerprint density at radius 3 is 2.67 bits per heavy atom. The number of nitro benzene ring substituents is 1. The topological polar surface area (TPSA) is 99.9 Å². The van der Waals surface area contributed by atoms with Crippen molar-refractivity contribution in [3.63, 3.8) is 0 Å². The minimum Gasteiger partial charge on any atom is -0.381 e. The third-order valence-corrected chi connectivity index (χ3v) is 3.27. The Hall–Kier alpha value is -2.15. The van der Waals surface area contributed by atoms with Crippen LogP contribution in [-0.2, 0) is 12.0 Å². The van der Waals surface area contributed by atoms with Crippen LogP contribution in [0, 0.1) is 10.1 Å². The molecule has 1 aromatic carbocycles. The van der Waals surface area contributed by atoms with E-state index in [0.717, 1.165) is 5.69 Å². The van der Waals surface area contributed by atoms with Crippen LogP contribution in [0.15, 0.2) is 18.2 Å². The molecule has 7 nitrogen and oxygen atoms in total. The van der Waals surface area contributed by atoms with Gasteiger partial charge in [-0.05, 0) is 12.1 Å². The number of nitrogens with two attached hydrogens (primary N) is 1. The molecule has 0 unspecified atom stereocenters. The van der Waals surface area contributed by atoms with Gasteiger partial charge in [0, 0.05) is 16.5 Å². The fraction of sp³-hybridized carbons (Fsp3) is 0.385. The molecule has 0 radical (unpaired) electrons. The van der Waals surface area contributed by atoms with E-state index in [0.29, 0.717) is 16.4 Å². The van der Waals surface area contributed by atoms with Gasteiger partial charge in [-0.15, -0.1) is 5.10 Å². The summed E-state index contributed by atoms with van der Waals surface area (Å²) in [4.78, 5) is 10.7. The largest absolute Gasteiger partial charge is 0.381 e. The maximum atomic E-state index is 11.1. The van der Waals surface area contributed by atoms with Crippen molar-refractivity contribution in [1.29, 1.82) is 0 Å². The van der Waals surface area contributed by atoms with Crippen LogP contribution in [0.5, 0.6) is 0 Å². The third-order valence-electron chi connectivity index (χ3n) is 3.03. The van der Waals surface area contributed by atoms with Crippen LogP contribution in [0.25, 0.3) is 0 Å². The summed E-state index contributed by atoms with van der Waals surface area (Å²) >= 11 is 5.93. The fourth-order valence-electron chi connectivity index (χ4n) is 2.23. The van der Waals surface area contributed by atoms with Crippen LogP contribution in [-0.4, -0.2) is 19.9 Å². The smallest absolute Gasteiger partial charge is 0.274 e. The number of halogens is 1. The Morgan fingerprint density at radius 1 is 1.43 bits per heavy atom. The lowest BCUT2D eigenvalue weighted by Crippen LogP contribution is -2.20. The van der Waals surface area contributed by atoms with Crippen molar-refractivity contribution in [2.45, 2.75) is 32.7 Å². The standard InChI is InChI=1S/C13H16ClN5O2/c1-13(2,3)11-12(15)16-17-18(11)7-8-6-9(14)4-5-10(8)19(20)21/h4-6H,7,15H2,1-3H3. The van der Waals surface area contributed by atoms with Gasteiger partial charge in [0.05, 0.1) is 22.7 Å². The maximum Gasteiger partial charge on any atom is 0.274 e. The Labute approximate surface area is 126 Å². The summed E-state index contributed by atoms with van der Waals surface area (Å²) in [6.45, 7) is 6.12. The van der Waals surface area contributed by atoms with Crippen molar-refractivity contribution < 1.29 is 4.92 Å². The van der Waals surface area contributed by atoms with Gasteiger partial charge >= 0.3 is 0 Å². The molecule has 1 aromatic heterocycles. The minimum atomic E-state index is -0.442. The van der Waals surface area contributed by atoms with E-state index < -0.39 is 4.92 Å². The van der Waals surface area contributed by atoms with Crippen LogP contribution < -0.4 is 5.73 Å². The first-order valence-electron chi connectivity index (χ1n) is 6.32. The molecule has 2 aromatic rings. The molecule has 0 saturated carbocycles. The maximum absolute atomic E-state index is 11.1. The summed E-state index contributed by atoms with van der Waals surface area (Å²) in [5.41, 5.74) is 6.77. The molecule has 0 bridgehead atoms. The molecule has 0 aliphatic rings. The predicted molar refractivity (Wildman–Crippen MR) is 80.3 cm³/mol. The summed E-state index contributed by atoms with van der Waals surface area (Å²) in [6, 6.07) is 4.43. The second kappa shape index (κ2) is 5.33. The predicted octanol–water partition coefficient (Wildman–Crippen LogP) is 2.77. The fourth-order valence-corrected chi connectivity index (χ4v) is 2.42. The van der Waals surface area contributed by atoms with E-state index in [-0.39, 0.29) is 17.6 Å². The highest BCUT2D eigenvalue weighted by Gasteiger charge is 2.25. The Balaban J connectivity index is 2.49. The van der Waals surface area contributed by atoms with Crippen LogP contribution in [0.3, 0.4) is 0 Å². The molecule has 112 valence electrons. The van der Waals surface area contributed by atoms with Crippen LogP contribution >= 0.6 is 11.6 Å². The van der Waals surface area contributed by atoms with E-state index in [1.165, 1.54) is 12.1 Å². The SMILES string of the molecule is CC(C)(C)c1c(N)nnn1Cc1cc(Cl)ccc1[N+](=O)[O-]. The Morgan fingerprint density at radius 2 is 2.10 bits per heavy atom. The van der Waals surface area contributed by atoms with Gasteiger partial charge in [0.25, 0.3) is 5.69 Å². The van der Waals surface area contributed by atoms with Gasteiger partial charge in [-0.2, -0.15) is 0 Å². The van der Waals surface area contributed by atoms with Crippen molar-refractivity contribution in [2.24, 2.45) is 0 Å². The number of aromatic nitrogens is 3. The van der Waals surface area contributed by atoms with Gasteiger partial charge in [-0.25, -0.2) is 4.68 Å². The number of hydrogen-bond acceptors (Lipinski definition) is 5. The molecule has 0 fully saturated rings. The lowest BCUT2D eigenvalue weighted by molar-refractivity contribution is -0.385. The summed E-state index contributed by atoms with van der Waals surface area (Å²) in [7, 11) is 0. The second-order valence-corrected chi connectivity index (χ2v) is 6.20. The first-order valence-corrected chi connectivity index (χ1v) is 6.70. The molecule has 0 saturated heterocycles.